The summed E-state index contributed by atoms with van der Waals surface area (Å²) in [5.74, 6) is 0. The van der Waals surface area contributed by atoms with Gasteiger partial charge in [0.1, 0.15) is 0 Å². The highest BCUT2D eigenvalue weighted by atomic mass is 16.3. The fraction of sp³-hybridized carbons (Fsp3) is 0.643. The number of nitrogens with two attached hydrogens (primary N) is 1. The number of anilines is 2. The van der Waals surface area contributed by atoms with Crippen molar-refractivity contribution in [1.29, 1.82) is 0 Å². The summed E-state index contributed by atoms with van der Waals surface area (Å²) in [6.07, 6.45) is 5.66. The Morgan fingerprint density at radius 2 is 2.32 bits per heavy atom. The van der Waals surface area contributed by atoms with Crippen LogP contribution in [0, 0.1) is 0 Å². The molecule has 2 aliphatic rings. The van der Waals surface area contributed by atoms with E-state index in [1.807, 2.05) is 13.2 Å². The molecule has 104 valence electrons. The lowest BCUT2D eigenvalue weighted by Gasteiger charge is -2.37. The van der Waals surface area contributed by atoms with Crippen molar-refractivity contribution in [2.24, 2.45) is 5.73 Å². The largest absolute Gasteiger partial charge is 0.391 e. The number of piperidine rings is 1. The van der Waals surface area contributed by atoms with Crippen LogP contribution in [0.5, 0.6) is 0 Å². The Hall–Kier alpha value is -1.33. The van der Waals surface area contributed by atoms with Crippen LogP contribution in [0.25, 0.3) is 0 Å². The summed E-state index contributed by atoms with van der Waals surface area (Å²) in [5.41, 5.74) is 10.9. The third kappa shape index (κ3) is 2.17. The first-order valence-electron chi connectivity index (χ1n) is 7.08. The van der Waals surface area contributed by atoms with Crippen LogP contribution in [-0.4, -0.2) is 42.4 Å². The Morgan fingerprint density at radius 3 is 3.05 bits per heavy atom. The number of fused-ring (bicyclic) bond motifs is 1. The van der Waals surface area contributed by atoms with Crippen molar-refractivity contribution in [1.82, 2.24) is 4.98 Å². The number of hydrogen-bond acceptors (Lipinski definition) is 5. The van der Waals surface area contributed by atoms with E-state index in [0.29, 0.717) is 6.54 Å². The minimum Gasteiger partial charge on any atom is -0.391 e. The van der Waals surface area contributed by atoms with Gasteiger partial charge >= 0.3 is 0 Å². The molecule has 2 heterocycles. The molecule has 0 amide bonds. The fourth-order valence-electron chi connectivity index (χ4n) is 3.21. The lowest BCUT2D eigenvalue weighted by Crippen LogP contribution is -2.51. The van der Waals surface area contributed by atoms with Crippen molar-refractivity contribution in [3.63, 3.8) is 0 Å². The van der Waals surface area contributed by atoms with Crippen LogP contribution in [0.3, 0.4) is 0 Å². The lowest BCUT2D eigenvalue weighted by molar-refractivity contribution is 0.124. The highest BCUT2D eigenvalue weighted by Crippen LogP contribution is 2.37. The van der Waals surface area contributed by atoms with E-state index < -0.39 is 0 Å². The number of aliphatic hydroxyl groups is 1. The van der Waals surface area contributed by atoms with Crippen LogP contribution >= 0.6 is 0 Å². The van der Waals surface area contributed by atoms with E-state index in [2.05, 4.69) is 15.2 Å². The fourth-order valence-corrected chi connectivity index (χ4v) is 3.21. The first-order valence-corrected chi connectivity index (χ1v) is 7.08. The smallest absolute Gasteiger partial charge is 0.0764 e. The number of pyridine rings is 1. The first-order chi connectivity index (χ1) is 9.20. The maximum atomic E-state index is 9.78. The number of aryl methyl sites for hydroxylation is 1. The van der Waals surface area contributed by atoms with Crippen molar-refractivity contribution in [3.05, 3.63) is 17.5 Å². The number of nitrogens with one attached hydrogen (secondary N) is 1. The second-order valence-corrected chi connectivity index (χ2v) is 5.52. The maximum Gasteiger partial charge on any atom is 0.0764 e. The molecule has 4 N–H and O–H groups in total. The van der Waals surface area contributed by atoms with Crippen LogP contribution < -0.4 is 16.0 Å². The summed E-state index contributed by atoms with van der Waals surface area (Å²) in [7, 11) is 1.93. The van der Waals surface area contributed by atoms with Gasteiger partial charge in [0.25, 0.3) is 0 Å². The maximum absolute atomic E-state index is 9.78. The highest BCUT2D eigenvalue weighted by molar-refractivity contribution is 5.74. The molecule has 0 spiro atoms. The van der Waals surface area contributed by atoms with Crippen LogP contribution in [-0.2, 0) is 12.8 Å². The summed E-state index contributed by atoms with van der Waals surface area (Å²) in [4.78, 5) is 6.86. The van der Waals surface area contributed by atoms with Gasteiger partial charge < -0.3 is 21.1 Å². The van der Waals surface area contributed by atoms with Crippen molar-refractivity contribution < 1.29 is 5.11 Å². The normalized spacial score (nSPS) is 26.4. The summed E-state index contributed by atoms with van der Waals surface area (Å²) < 4.78 is 0. The third-order valence-electron chi connectivity index (χ3n) is 4.28. The summed E-state index contributed by atoms with van der Waals surface area (Å²) >= 11 is 0. The monoisotopic (exact) mass is 262 g/mol. The zero-order chi connectivity index (χ0) is 13.4. The van der Waals surface area contributed by atoms with Crippen LogP contribution in [0.2, 0.25) is 0 Å². The van der Waals surface area contributed by atoms with E-state index in [0.717, 1.165) is 31.5 Å². The van der Waals surface area contributed by atoms with Crippen LogP contribution in [0.1, 0.15) is 24.1 Å². The number of rotatable bonds is 2. The van der Waals surface area contributed by atoms with Gasteiger partial charge in [0.05, 0.1) is 23.7 Å². The molecule has 1 fully saturated rings. The zero-order valence-electron chi connectivity index (χ0n) is 11.4. The van der Waals surface area contributed by atoms with Gasteiger partial charge in [0.2, 0.25) is 0 Å². The van der Waals surface area contributed by atoms with Gasteiger partial charge in [-0.25, -0.2) is 0 Å². The summed E-state index contributed by atoms with van der Waals surface area (Å²) in [5, 5.41) is 13.0. The summed E-state index contributed by atoms with van der Waals surface area (Å²) in [6, 6.07) is -0.163. The summed E-state index contributed by atoms with van der Waals surface area (Å²) in [6.45, 7) is 1.58. The van der Waals surface area contributed by atoms with Crippen molar-refractivity contribution >= 4 is 11.4 Å². The Labute approximate surface area is 113 Å². The van der Waals surface area contributed by atoms with E-state index in [9.17, 15) is 5.11 Å². The Bertz CT molecular complexity index is 477. The molecule has 19 heavy (non-hydrogen) atoms. The lowest BCUT2D eigenvalue weighted by atomic mass is 10.0. The van der Waals surface area contributed by atoms with E-state index >= 15 is 0 Å². The van der Waals surface area contributed by atoms with Gasteiger partial charge in [-0.05, 0) is 31.2 Å². The number of hydrogen-bond donors (Lipinski definition) is 3. The molecule has 1 aliphatic heterocycles. The van der Waals surface area contributed by atoms with Crippen molar-refractivity contribution in [2.75, 3.05) is 30.4 Å². The number of nitrogens with zero attached hydrogens (tertiary/aromatic N) is 2. The SMILES string of the molecule is CNc1cnc2c(c1N1CCC(O)C(N)C1)CCC2. The molecule has 1 aliphatic carbocycles. The molecule has 0 radical (unpaired) electrons. The Balaban J connectivity index is 1.97. The van der Waals surface area contributed by atoms with Gasteiger partial charge in [-0.3, -0.25) is 4.98 Å². The molecule has 2 unspecified atom stereocenters. The molecule has 1 saturated heterocycles. The average molecular weight is 262 g/mol. The van der Waals surface area contributed by atoms with E-state index in [1.165, 1.54) is 23.4 Å². The molecular formula is C14H22N4O. The number of aromatic nitrogens is 1. The van der Waals surface area contributed by atoms with Crippen LogP contribution in [0.15, 0.2) is 6.20 Å². The molecule has 5 heteroatoms. The molecule has 1 aromatic heterocycles. The molecule has 3 rings (SSSR count). The van der Waals surface area contributed by atoms with Gasteiger partial charge in [-0.2, -0.15) is 0 Å². The van der Waals surface area contributed by atoms with Gasteiger partial charge in [-0.1, -0.05) is 0 Å². The van der Waals surface area contributed by atoms with Gasteiger partial charge in [-0.15, -0.1) is 0 Å². The molecule has 0 bridgehead atoms. The number of aliphatic hydroxyl groups excluding tert-OH is 1. The van der Waals surface area contributed by atoms with Gasteiger partial charge in [0.15, 0.2) is 0 Å². The highest BCUT2D eigenvalue weighted by Gasteiger charge is 2.29. The first kappa shape index (κ1) is 12.7. The minimum absolute atomic E-state index is 0.163. The Kier molecular flexibility index (Phi) is 3.33. The predicted molar refractivity (Wildman–Crippen MR) is 76.6 cm³/mol. The quantitative estimate of drug-likeness (QED) is 0.724. The molecule has 0 saturated carbocycles. The molecule has 2 atom stereocenters. The molecule has 0 aromatic carbocycles. The topological polar surface area (TPSA) is 74.4 Å². The van der Waals surface area contributed by atoms with Crippen molar-refractivity contribution in [2.45, 2.75) is 37.8 Å². The van der Waals surface area contributed by atoms with Crippen molar-refractivity contribution in [3.8, 4) is 0 Å². The van der Waals surface area contributed by atoms with E-state index in [4.69, 9.17) is 5.73 Å². The molecule has 1 aromatic rings. The standard InChI is InChI=1S/C14H22N4O/c1-16-12-7-17-11-4-2-3-9(11)14(12)18-6-5-13(19)10(15)8-18/h7,10,13,16,19H,2-6,8,15H2,1H3. The second-order valence-electron chi connectivity index (χ2n) is 5.52. The van der Waals surface area contributed by atoms with E-state index in [1.54, 1.807) is 0 Å². The average Bonchev–Trinajstić information content (AvgIpc) is 2.89. The molecular weight excluding hydrogens is 240 g/mol. The van der Waals surface area contributed by atoms with Crippen LogP contribution in [0.4, 0.5) is 11.4 Å². The Morgan fingerprint density at radius 1 is 1.47 bits per heavy atom. The third-order valence-corrected chi connectivity index (χ3v) is 4.28. The van der Waals surface area contributed by atoms with E-state index in [-0.39, 0.29) is 12.1 Å². The second kappa shape index (κ2) is 4.98. The molecule has 5 nitrogen and oxygen atoms in total. The zero-order valence-corrected chi connectivity index (χ0v) is 11.4. The van der Waals surface area contributed by atoms with Gasteiger partial charge in [0, 0.05) is 31.9 Å². The minimum atomic E-state index is -0.371. The predicted octanol–water partition coefficient (Wildman–Crippen LogP) is 0.510.